The minimum absolute atomic E-state index is 0. The van der Waals surface area contributed by atoms with Crippen molar-refractivity contribution in [1.82, 2.24) is 10.3 Å². The molecule has 0 radical (unpaired) electrons. The highest BCUT2D eigenvalue weighted by Gasteiger charge is 2.27. The van der Waals surface area contributed by atoms with Crippen molar-refractivity contribution in [3.05, 3.63) is 64.5 Å². The summed E-state index contributed by atoms with van der Waals surface area (Å²) in [5.74, 6) is 1.78. The number of hydrogen-bond acceptors (Lipinski definition) is 5. The van der Waals surface area contributed by atoms with Crippen molar-refractivity contribution in [1.29, 1.82) is 0 Å². The standard InChI is InChI=1S/C31H44N2O3.ClH/c1-9-14-32-15-13-22-16-21(10-2)11-12-27(22)35-19-24-20-36-29(33-24)23-17-25(30(3,4)5)28(34)26(18-23)31(6,7)8;/h11-12,16-18,20,32,34H,9-10,13-15,19H2,1-8H3;1H. The molecule has 0 aliphatic rings. The van der Waals surface area contributed by atoms with Gasteiger partial charge in [0, 0.05) is 16.7 Å². The highest BCUT2D eigenvalue weighted by Crippen LogP contribution is 2.41. The normalized spacial score (nSPS) is 11.9. The molecule has 0 aliphatic carbocycles. The van der Waals surface area contributed by atoms with Gasteiger partial charge >= 0.3 is 0 Å². The number of aromatic hydroxyl groups is 1. The molecule has 37 heavy (non-hydrogen) atoms. The second-order valence-electron chi connectivity index (χ2n) is 11.6. The van der Waals surface area contributed by atoms with Crippen LogP contribution >= 0.6 is 12.4 Å². The largest absolute Gasteiger partial charge is 0.507 e. The van der Waals surface area contributed by atoms with Gasteiger partial charge < -0.3 is 19.6 Å². The first-order valence-electron chi connectivity index (χ1n) is 13.2. The fourth-order valence-corrected chi connectivity index (χ4v) is 4.27. The first-order valence-corrected chi connectivity index (χ1v) is 13.2. The minimum Gasteiger partial charge on any atom is -0.507 e. The van der Waals surface area contributed by atoms with Gasteiger partial charge in [0.25, 0.3) is 0 Å². The molecule has 0 spiro atoms. The van der Waals surface area contributed by atoms with Crippen molar-refractivity contribution in [2.45, 2.75) is 92.1 Å². The Bertz CT molecular complexity index is 1120. The van der Waals surface area contributed by atoms with E-state index in [1.54, 1.807) is 6.26 Å². The fraction of sp³-hybridized carbons (Fsp3) is 0.516. The number of rotatable bonds is 10. The maximum Gasteiger partial charge on any atom is 0.226 e. The SMILES string of the molecule is CCCNCCc1cc(CC)ccc1OCc1coc(-c2cc(C(C)(C)C)c(O)c(C(C)(C)C)c2)n1.Cl. The van der Waals surface area contributed by atoms with Gasteiger partial charge in [0.15, 0.2) is 0 Å². The number of halogens is 1. The van der Waals surface area contributed by atoms with Crippen LogP contribution in [0.3, 0.4) is 0 Å². The summed E-state index contributed by atoms with van der Waals surface area (Å²) in [4.78, 5) is 4.74. The van der Waals surface area contributed by atoms with E-state index in [1.807, 2.05) is 12.1 Å². The Labute approximate surface area is 229 Å². The molecule has 1 heterocycles. The van der Waals surface area contributed by atoms with Crippen LogP contribution in [0.4, 0.5) is 0 Å². The molecule has 0 aliphatic heterocycles. The Morgan fingerprint density at radius 2 is 1.59 bits per heavy atom. The number of phenolic OH excluding ortho intramolecular Hbond substituents is 1. The van der Waals surface area contributed by atoms with Crippen LogP contribution in [0.25, 0.3) is 11.5 Å². The average Bonchev–Trinajstić information content (AvgIpc) is 3.28. The van der Waals surface area contributed by atoms with Crippen molar-refractivity contribution < 1.29 is 14.3 Å². The third-order valence-corrected chi connectivity index (χ3v) is 6.43. The van der Waals surface area contributed by atoms with E-state index < -0.39 is 0 Å². The minimum atomic E-state index is -0.217. The van der Waals surface area contributed by atoms with Crippen molar-refractivity contribution in [2.24, 2.45) is 0 Å². The molecule has 0 saturated carbocycles. The molecule has 0 saturated heterocycles. The van der Waals surface area contributed by atoms with Crippen LogP contribution in [0.1, 0.15) is 89.8 Å². The molecular formula is C31H45ClN2O3. The number of nitrogens with one attached hydrogen (secondary N) is 1. The molecule has 6 heteroatoms. The Morgan fingerprint density at radius 1 is 0.946 bits per heavy atom. The second kappa shape index (κ2) is 12.8. The molecule has 2 aromatic carbocycles. The van der Waals surface area contributed by atoms with E-state index in [1.165, 1.54) is 11.1 Å². The number of ether oxygens (including phenoxy) is 1. The van der Waals surface area contributed by atoms with Crippen LogP contribution in [0.15, 0.2) is 41.0 Å². The topological polar surface area (TPSA) is 67.5 Å². The molecular weight excluding hydrogens is 484 g/mol. The Balaban J connectivity index is 0.00000481. The van der Waals surface area contributed by atoms with Crippen LogP contribution < -0.4 is 10.1 Å². The maximum atomic E-state index is 11.0. The predicted molar refractivity (Wildman–Crippen MR) is 155 cm³/mol. The molecule has 0 amide bonds. The summed E-state index contributed by atoms with van der Waals surface area (Å²) in [5.41, 5.74) is 5.47. The first kappa shape index (κ1) is 30.7. The van der Waals surface area contributed by atoms with Gasteiger partial charge in [-0.15, -0.1) is 12.4 Å². The van der Waals surface area contributed by atoms with Crippen LogP contribution in [-0.2, 0) is 30.3 Å². The number of nitrogens with zero attached hydrogens (tertiary/aromatic N) is 1. The second-order valence-corrected chi connectivity index (χ2v) is 11.6. The quantitative estimate of drug-likeness (QED) is 0.263. The summed E-state index contributed by atoms with van der Waals surface area (Å²) in [7, 11) is 0. The summed E-state index contributed by atoms with van der Waals surface area (Å²) in [6.07, 6.45) is 4.72. The molecule has 2 N–H and O–H groups in total. The van der Waals surface area contributed by atoms with Crippen molar-refractivity contribution in [3.8, 4) is 23.0 Å². The number of aromatic nitrogens is 1. The molecule has 0 atom stereocenters. The summed E-state index contributed by atoms with van der Waals surface area (Å²) in [6.45, 7) is 19.3. The smallest absolute Gasteiger partial charge is 0.226 e. The van der Waals surface area contributed by atoms with E-state index >= 15 is 0 Å². The lowest BCUT2D eigenvalue weighted by atomic mass is 9.78. The van der Waals surface area contributed by atoms with Gasteiger partial charge in [0.1, 0.15) is 30.1 Å². The van der Waals surface area contributed by atoms with Crippen LogP contribution in [0.5, 0.6) is 11.5 Å². The predicted octanol–water partition coefficient (Wildman–Crippen LogP) is 7.75. The van der Waals surface area contributed by atoms with Gasteiger partial charge in [-0.25, -0.2) is 4.98 Å². The molecule has 3 rings (SSSR count). The number of benzene rings is 2. The van der Waals surface area contributed by atoms with Gasteiger partial charge in [-0.05, 0) is 72.5 Å². The molecule has 204 valence electrons. The lowest BCUT2D eigenvalue weighted by molar-refractivity contribution is 0.297. The lowest BCUT2D eigenvalue weighted by Gasteiger charge is -2.27. The van der Waals surface area contributed by atoms with E-state index in [-0.39, 0.29) is 23.2 Å². The third kappa shape index (κ3) is 7.99. The Hall–Kier alpha value is -2.50. The monoisotopic (exact) mass is 528 g/mol. The van der Waals surface area contributed by atoms with Crippen molar-refractivity contribution in [3.63, 3.8) is 0 Å². The Morgan fingerprint density at radius 3 is 2.16 bits per heavy atom. The maximum absolute atomic E-state index is 11.0. The summed E-state index contributed by atoms with van der Waals surface area (Å²) in [5, 5.41) is 14.5. The molecule has 3 aromatic rings. The highest BCUT2D eigenvalue weighted by molar-refractivity contribution is 5.85. The highest BCUT2D eigenvalue weighted by atomic mass is 35.5. The Kier molecular flexibility index (Phi) is 10.7. The zero-order chi connectivity index (χ0) is 26.5. The van der Waals surface area contributed by atoms with E-state index in [0.29, 0.717) is 18.2 Å². The summed E-state index contributed by atoms with van der Waals surface area (Å²) in [6, 6.07) is 10.4. The molecule has 0 fully saturated rings. The van der Waals surface area contributed by atoms with Gasteiger partial charge in [-0.1, -0.05) is 67.5 Å². The van der Waals surface area contributed by atoms with Crippen molar-refractivity contribution in [2.75, 3.05) is 13.1 Å². The zero-order valence-electron chi connectivity index (χ0n) is 23.8. The van der Waals surface area contributed by atoms with E-state index in [2.05, 4.69) is 78.9 Å². The number of oxazole rings is 1. The lowest BCUT2D eigenvalue weighted by Crippen LogP contribution is -2.18. The van der Waals surface area contributed by atoms with Crippen molar-refractivity contribution >= 4 is 12.4 Å². The zero-order valence-corrected chi connectivity index (χ0v) is 24.6. The number of phenols is 1. The number of hydrogen-bond donors (Lipinski definition) is 2. The van der Waals surface area contributed by atoms with Crippen LogP contribution in [0.2, 0.25) is 0 Å². The van der Waals surface area contributed by atoms with E-state index in [4.69, 9.17) is 14.1 Å². The molecule has 5 nitrogen and oxygen atoms in total. The third-order valence-electron chi connectivity index (χ3n) is 6.43. The van der Waals surface area contributed by atoms with Crippen LogP contribution in [-0.4, -0.2) is 23.2 Å². The summed E-state index contributed by atoms with van der Waals surface area (Å²) < 4.78 is 12.1. The first-order chi connectivity index (χ1) is 16.9. The van der Waals surface area contributed by atoms with Crippen LogP contribution in [0, 0.1) is 0 Å². The summed E-state index contributed by atoms with van der Waals surface area (Å²) >= 11 is 0. The van der Waals surface area contributed by atoms with Gasteiger partial charge in [-0.2, -0.15) is 0 Å². The fourth-order valence-electron chi connectivity index (χ4n) is 4.27. The number of aryl methyl sites for hydroxylation is 1. The molecule has 0 unspecified atom stereocenters. The average molecular weight is 529 g/mol. The van der Waals surface area contributed by atoms with Gasteiger partial charge in [0.2, 0.25) is 5.89 Å². The van der Waals surface area contributed by atoms with Gasteiger partial charge in [0.05, 0.1) is 0 Å². The van der Waals surface area contributed by atoms with E-state index in [0.717, 1.165) is 60.5 Å². The molecule has 0 bridgehead atoms. The van der Waals surface area contributed by atoms with E-state index in [9.17, 15) is 5.11 Å². The van der Waals surface area contributed by atoms with Gasteiger partial charge in [-0.3, -0.25) is 0 Å². The molecule has 1 aromatic heterocycles.